The number of ether oxygens (including phenoxy) is 2. The fraction of sp³-hybridized carbons (Fsp3) is 0.217. The van der Waals surface area contributed by atoms with Crippen LogP contribution in [0.25, 0.3) is 16.9 Å². The van der Waals surface area contributed by atoms with Crippen LogP contribution in [0.1, 0.15) is 28.4 Å². The van der Waals surface area contributed by atoms with Crippen molar-refractivity contribution in [1.82, 2.24) is 25.3 Å². The van der Waals surface area contributed by atoms with Gasteiger partial charge in [0.2, 0.25) is 0 Å². The normalized spacial score (nSPS) is 10.8. The van der Waals surface area contributed by atoms with E-state index in [0.717, 1.165) is 16.8 Å². The standard InChI is InChI=1S/C23H23N5O3/c1-4-31-21-12-16(8-10-20(21)30-3)14-25-23(29)17-9-7-15(2)19(13-17)28-22-18(26-27-28)6-5-11-24-22/h5-13H,4,14H2,1-3H3,(H,25,29). The number of aromatic nitrogens is 4. The summed E-state index contributed by atoms with van der Waals surface area (Å²) < 4.78 is 12.6. The van der Waals surface area contributed by atoms with E-state index in [0.29, 0.717) is 41.4 Å². The summed E-state index contributed by atoms with van der Waals surface area (Å²) in [6, 6.07) is 14.7. The SMILES string of the molecule is CCOc1cc(CNC(=O)c2ccc(C)c(-n3nnc4cccnc43)c2)ccc1OC. The number of methoxy groups -OCH3 is 1. The largest absolute Gasteiger partial charge is 0.493 e. The number of carbonyl (C=O) groups excluding carboxylic acids is 1. The fourth-order valence-corrected chi connectivity index (χ4v) is 3.29. The summed E-state index contributed by atoms with van der Waals surface area (Å²) in [6.45, 7) is 4.76. The van der Waals surface area contributed by atoms with Gasteiger partial charge in [0.15, 0.2) is 17.1 Å². The zero-order valence-electron chi connectivity index (χ0n) is 17.6. The van der Waals surface area contributed by atoms with Crippen molar-refractivity contribution in [2.75, 3.05) is 13.7 Å². The van der Waals surface area contributed by atoms with Crippen molar-refractivity contribution in [2.24, 2.45) is 0 Å². The zero-order valence-corrected chi connectivity index (χ0v) is 17.6. The second-order valence-corrected chi connectivity index (χ2v) is 6.95. The van der Waals surface area contributed by atoms with E-state index in [2.05, 4.69) is 20.6 Å². The molecule has 8 heteroatoms. The molecule has 4 rings (SSSR count). The lowest BCUT2D eigenvalue weighted by molar-refractivity contribution is 0.0951. The van der Waals surface area contributed by atoms with E-state index in [-0.39, 0.29) is 5.91 Å². The highest BCUT2D eigenvalue weighted by Crippen LogP contribution is 2.28. The number of rotatable bonds is 7. The van der Waals surface area contributed by atoms with Crippen molar-refractivity contribution in [3.63, 3.8) is 0 Å². The molecular formula is C23H23N5O3. The van der Waals surface area contributed by atoms with Gasteiger partial charge in [-0.2, -0.15) is 4.68 Å². The van der Waals surface area contributed by atoms with Gasteiger partial charge in [-0.25, -0.2) is 4.98 Å². The molecule has 8 nitrogen and oxygen atoms in total. The van der Waals surface area contributed by atoms with Crippen LogP contribution in [0.5, 0.6) is 11.5 Å². The van der Waals surface area contributed by atoms with E-state index in [1.165, 1.54) is 0 Å². The predicted octanol–water partition coefficient (Wildman–Crippen LogP) is 3.46. The first-order valence-electron chi connectivity index (χ1n) is 9.96. The van der Waals surface area contributed by atoms with Crippen molar-refractivity contribution >= 4 is 17.1 Å². The summed E-state index contributed by atoms with van der Waals surface area (Å²) in [5.74, 6) is 1.13. The number of amides is 1. The molecule has 0 radical (unpaired) electrons. The van der Waals surface area contributed by atoms with Gasteiger partial charge >= 0.3 is 0 Å². The molecule has 0 fully saturated rings. The Kier molecular flexibility index (Phi) is 5.79. The third kappa shape index (κ3) is 4.18. The minimum absolute atomic E-state index is 0.188. The summed E-state index contributed by atoms with van der Waals surface area (Å²) in [7, 11) is 1.60. The van der Waals surface area contributed by atoms with Crippen molar-refractivity contribution in [3.05, 3.63) is 71.4 Å². The molecule has 0 aliphatic carbocycles. The van der Waals surface area contributed by atoms with E-state index in [9.17, 15) is 4.79 Å². The van der Waals surface area contributed by atoms with Crippen LogP contribution >= 0.6 is 0 Å². The lowest BCUT2D eigenvalue weighted by atomic mass is 10.1. The molecule has 0 bridgehead atoms. The number of hydrogen-bond acceptors (Lipinski definition) is 6. The van der Waals surface area contributed by atoms with Crippen LogP contribution in [0, 0.1) is 6.92 Å². The highest BCUT2D eigenvalue weighted by Gasteiger charge is 2.14. The topological polar surface area (TPSA) is 91.2 Å². The van der Waals surface area contributed by atoms with E-state index < -0.39 is 0 Å². The summed E-state index contributed by atoms with van der Waals surface area (Å²) in [5.41, 5.74) is 4.50. The number of benzene rings is 2. The van der Waals surface area contributed by atoms with E-state index >= 15 is 0 Å². The number of aryl methyl sites for hydroxylation is 1. The Labute approximate surface area is 179 Å². The van der Waals surface area contributed by atoms with Crippen LogP contribution in [-0.4, -0.2) is 39.6 Å². The molecule has 1 N–H and O–H groups in total. The van der Waals surface area contributed by atoms with E-state index in [1.807, 2.05) is 50.2 Å². The molecule has 158 valence electrons. The molecule has 2 heterocycles. The molecule has 0 aliphatic rings. The van der Waals surface area contributed by atoms with Crippen molar-refractivity contribution < 1.29 is 14.3 Å². The quantitative estimate of drug-likeness (QED) is 0.495. The monoisotopic (exact) mass is 417 g/mol. The molecule has 0 saturated carbocycles. The van der Waals surface area contributed by atoms with Gasteiger partial charge in [0.05, 0.1) is 19.4 Å². The second kappa shape index (κ2) is 8.83. The average molecular weight is 417 g/mol. The molecular weight excluding hydrogens is 394 g/mol. The molecule has 0 atom stereocenters. The van der Waals surface area contributed by atoms with Gasteiger partial charge in [-0.15, -0.1) is 5.10 Å². The number of fused-ring (bicyclic) bond motifs is 1. The Bertz CT molecular complexity index is 1240. The Hall–Kier alpha value is -3.94. The maximum atomic E-state index is 12.8. The van der Waals surface area contributed by atoms with Crippen LogP contribution in [-0.2, 0) is 6.54 Å². The molecule has 0 saturated heterocycles. The van der Waals surface area contributed by atoms with Gasteiger partial charge in [0.25, 0.3) is 5.91 Å². The van der Waals surface area contributed by atoms with E-state index in [4.69, 9.17) is 9.47 Å². The number of nitrogens with zero attached hydrogens (tertiary/aromatic N) is 4. The van der Waals surface area contributed by atoms with E-state index in [1.54, 1.807) is 30.1 Å². The fourth-order valence-electron chi connectivity index (χ4n) is 3.29. The summed E-state index contributed by atoms with van der Waals surface area (Å²) in [6.07, 6.45) is 1.69. The van der Waals surface area contributed by atoms with Gasteiger partial charge in [-0.3, -0.25) is 4.79 Å². The molecule has 4 aromatic rings. The van der Waals surface area contributed by atoms with Crippen LogP contribution in [0.2, 0.25) is 0 Å². The van der Waals surface area contributed by atoms with Gasteiger partial charge < -0.3 is 14.8 Å². The third-order valence-electron chi connectivity index (χ3n) is 4.89. The summed E-state index contributed by atoms with van der Waals surface area (Å²) in [4.78, 5) is 17.2. The van der Waals surface area contributed by atoms with Crippen LogP contribution in [0.15, 0.2) is 54.7 Å². The second-order valence-electron chi connectivity index (χ2n) is 6.95. The third-order valence-corrected chi connectivity index (χ3v) is 4.89. The maximum absolute atomic E-state index is 12.8. The van der Waals surface area contributed by atoms with Gasteiger partial charge in [-0.05, 0) is 61.4 Å². The van der Waals surface area contributed by atoms with Crippen molar-refractivity contribution in [1.29, 1.82) is 0 Å². The van der Waals surface area contributed by atoms with Crippen LogP contribution in [0.4, 0.5) is 0 Å². The van der Waals surface area contributed by atoms with Gasteiger partial charge in [0, 0.05) is 18.3 Å². The molecule has 0 spiro atoms. The van der Waals surface area contributed by atoms with Crippen molar-refractivity contribution in [3.8, 4) is 17.2 Å². The first-order chi connectivity index (χ1) is 15.1. The molecule has 0 unspecified atom stereocenters. The molecule has 0 aliphatic heterocycles. The lowest BCUT2D eigenvalue weighted by Gasteiger charge is -2.12. The Morgan fingerprint density at radius 3 is 2.81 bits per heavy atom. The highest BCUT2D eigenvalue weighted by molar-refractivity contribution is 5.95. The Balaban J connectivity index is 1.55. The van der Waals surface area contributed by atoms with Gasteiger partial charge in [-0.1, -0.05) is 17.3 Å². The molecule has 1 amide bonds. The minimum atomic E-state index is -0.188. The zero-order chi connectivity index (χ0) is 21.8. The Morgan fingerprint density at radius 1 is 1.13 bits per heavy atom. The van der Waals surface area contributed by atoms with Crippen LogP contribution < -0.4 is 14.8 Å². The first kappa shape index (κ1) is 20.3. The minimum Gasteiger partial charge on any atom is -0.493 e. The first-order valence-corrected chi connectivity index (χ1v) is 9.96. The number of carbonyl (C=O) groups is 1. The van der Waals surface area contributed by atoms with Crippen LogP contribution in [0.3, 0.4) is 0 Å². The van der Waals surface area contributed by atoms with Gasteiger partial charge in [0.1, 0.15) is 5.52 Å². The summed E-state index contributed by atoms with van der Waals surface area (Å²) >= 11 is 0. The molecule has 31 heavy (non-hydrogen) atoms. The predicted molar refractivity (Wildman–Crippen MR) is 117 cm³/mol. The van der Waals surface area contributed by atoms with Crippen molar-refractivity contribution in [2.45, 2.75) is 20.4 Å². The highest BCUT2D eigenvalue weighted by atomic mass is 16.5. The average Bonchev–Trinajstić information content (AvgIpc) is 3.22. The number of hydrogen-bond donors (Lipinski definition) is 1. The Morgan fingerprint density at radius 2 is 2.00 bits per heavy atom. The maximum Gasteiger partial charge on any atom is 0.251 e. The molecule has 2 aromatic heterocycles. The number of pyridine rings is 1. The smallest absolute Gasteiger partial charge is 0.251 e. The number of nitrogens with one attached hydrogen (secondary N) is 1. The molecule has 2 aromatic carbocycles. The lowest BCUT2D eigenvalue weighted by Crippen LogP contribution is -2.23. The summed E-state index contributed by atoms with van der Waals surface area (Å²) in [5, 5.41) is 11.3.